The van der Waals surface area contributed by atoms with E-state index in [1.54, 1.807) is 24.1 Å². The quantitative estimate of drug-likeness (QED) is 0.824. The number of rotatable bonds is 5. The molecule has 0 saturated carbocycles. The Labute approximate surface area is 131 Å². The lowest BCUT2D eigenvalue weighted by Crippen LogP contribution is -2.33. The van der Waals surface area contributed by atoms with Gasteiger partial charge in [0.05, 0.1) is 22.6 Å². The van der Waals surface area contributed by atoms with Gasteiger partial charge in [0.25, 0.3) is 0 Å². The summed E-state index contributed by atoms with van der Waals surface area (Å²) in [4.78, 5) is 14.1. The fourth-order valence-corrected chi connectivity index (χ4v) is 3.94. The van der Waals surface area contributed by atoms with Crippen molar-refractivity contribution in [3.8, 4) is 0 Å². The summed E-state index contributed by atoms with van der Waals surface area (Å²) in [5.74, 6) is -0.0347. The minimum absolute atomic E-state index is 0.0347. The van der Waals surface area contributed by atoms with Gasteiger partial charge in [0.2, 0.25) is 15.9 Å². The van der Waals surface area contributed by atoms with E-state index in [9.17, 15) is 13.2 Å². The SMILES string of the molecule is COCCNS(=O)(=O)c1cc(C)c2c(c1)C(C)(C)C(=O)N2C. The van der Waals surface area contributed by atoms with Crippen LogP contribution in [0.25, 0.3) is 0 Å². The molecule has 0 radical (unpaired) electrons. The number of nitrogens with one attached hydrogen (secondary N) is 1. The molecule has 1 N–H and O–H groups in total. The zero-order valence-electron chi connectivity index (χ0n) is 13.6. The fourth-order valence-electron chi connectivity index (χ4n) is 2.82. The van der Waals surface area contributed by atoms with E-state index in [0.717, 1.165) is 16.8 Å². The average molecular weight is 326 g/mol. The molecule has 0 fully saturated rings. The standard InChI is InChI=1S/C15H22N2O4S/c1-10-8-11(22(19,20)16-6-7-21-5)9-12-13(10)17(4)14(18)15(12,2)3/h8-9,16H,6-7H2,1-5H3. The Morgan fingerprint density at radius 2 is 1.95 bits per heavy atom. The Kier molecular flexibility index (Phi) is 4.34. The predicted octanol–water partition coefficient (Wildman–Crippen LogP) is 1.17. The van der Waals surface area contributed by atoms with Gasteiger partial charge in [-0.25, -0.2) is 13.1 Å². The van der Waals surface area contributed by atoms with Crippen LogP contribution >= 0.6 is 0 Å². The van der Waals surface area contributed by atoms with Crippen LogP contribution in [0.5, 0.6) is 0 Å². The van der Waals surface area contributed by atoms with E-state index >= 15 is 0 Å². The number of carbonyl (C=O) groups is 1. The van der Waals surface area contributed by atoms with Gasteiger partial charge in [0.1, 0.15) is 0 Å². The van der Waals surface area contributed by atoms with Crippen LogP contribution in [0.2, 0.25) is 0 Å². The number of fused-ring (bicyclic) bond motifs is 1. The lowest BCUT2D eigenvalue weighted by molar-refractivity contribution is -0.121. The first-order chi connectivity index (χ1) is 10.1. The van der Waals surface area contributed by atoms with Crippen molar-refractivity contribution >= 4 is 21.6 Å². The normalized spacial score (nSPS) is 17.0. The number of likely N-dealkylation sites (N-methyl/N-ethyl adjacent to an activating group) is 1. The highest BCUT2D eigenvalue weighted by Gasteiger charge is 2.43. The minimum atomic E-state index is -3.62. The number of hydrogen-bond acceptors (Lipinski definition) is 4. The van der Waals surface area contributed by atoms with Crippen molar-refractivity contribution < 1.29 is 17.9 Å². The third kappa shape index (κ3) is 2.64. The predicted molar refractivity (Wildman–Crippen MR) is 84.7 cm³/mol. The van der Waals surface area contributed by atoms with Crippen LogP contribution in [0.15, 0.2) is 17.0 Å². The van der Waals surface area contributed by atoms with Crippen LogP contribution in [0, 0.1) is 6.92 Å². The second-order valence-corrected chi connectivity index (χ2v) is 7.78. The topological polar surface area (TPSA) is 75.7 Å². The monoisotopic (exact) mass is 326 g/mol. The maximum atomic E-state index is 12.4. The Morgan fingerprint density at radius 3 is 2.55 bits per heavy atom. The van der Waals surface area contributed by atoms with E-state index in [-0.39, 0.29) is 17.3 Å². The van der Waals surface area contributed by atoms with E-state index in [1.807, 2.05) is 20.8 Å². The number of anilines is 1. The largest absolute Gasteiger partial charge is 0.383 e. The molecule has 1 aliphatic rings. The maximum Gasteiger partial charge on any atom is 0.240 e. The van der Waals surface area contributed by atoms with Crippen molar-refractivity contribution in [2.24, 2.45) is 0 Å². The number of hydrogen-bond donors (Lipinski definition) is 1. The van der Waals surface area contributed by atoms with E-state index in [4.69, 9.17) is 4.74 Å². The molecule has 0 bridgehead atoms. The summed E-state index contributed by atoms with van der Waals surface area (Å²) in [6.07, 6.45) is 0. The van der Waals surface area contributed by atoms with Crippen LogP contribution in [0.4, 0.5) is 5.69 Å². The Morgan fingerprint density at radius 1 is 1.32 bits per heavy atom. The summed E-state index contributed by atoms with van der Waals surface area (Å²) >= 11 is 0. The Bertz CT molecular complexity index is 710. The molecule has 0 aromatic heterocycles. The second kappa shape index (κ2) is 5.64. The summed E-state index contributed by atoms with van der Waals surface area (Å²) in [6, 6.07) is 3.19. The first-order valence-corrected chi connectivity index (χ1v) is 8.53. The summed E-state index contributed by atoms with van der Waals surface area (Å²) in [5.41, 5.74) is 1.58. The van der Waals surface area contributed by atoms with Gasteiger partial charge in [-0.15, -0.1) is 0 Å². The van der Waals surface area contributed by atoms with Gasteiger partial charge >= 0.3 is 0 Å². The first kappa shape index (κ1) is 16.9. The fraction of sp³-hybridized carbons (Fsp3) is 0.533. The van der Waals surface area contributed by atoms with E-state index in [0.29, 0.717) is 6.61 Å². The molecule has 0 spiro atoms. The van der Waals surface area contributed by atoms with Gasteiger partial charge in [-0.05, 0) is 44.0 Å². The van der Waals surface area contributed by atoms with Gasteiger partial charge < -0.3 is 9.64 Å². The van der Waals surface area contributed by atoms with Crippen molar-refractivity contribution in [1.29, 1.82) is 0 Å². The Hall–Kier alpha value is -1.44. The summed E-state index contributed by atoms with van der Waals surface area (Å²) in [6.45, 7) is 5.95. The maximum absolute atomic E-state index is 12.4. The molecule has 1 heterocycles. The van der Waals surface area contributed by atoms with Gasteiger partial charge in [0, 0.05) is 20.7 Å². The van der Waals surface area contributed by atoms with E-state index < -0.39 is 15.4 Å². The number of sulfonamides is 1. The van der Waals surface area contributed by atoms with Gasteiger partial charge in [-0.1, -0.05) is 0 Å². The average Bonchev–Trinajstić information content (AvgIpc) is 2.61. The molecular formula is C15H22N2O4S. The molecule has 22 heavy (non-hydrogen) atoms. The zero-order chi connectivity index (χ0) is 16.7. The molecule has 6 nitrogen and oxygen atoms in total. The highest BCUT2D eigenvalue weighted by molar-refractivity contribution is 7.89. The zero-order valence-corrected chi connectivity index (χ0v) is 14.4. The summed E-state index contributed by atoms with van der Waals surface area (Å²) < 4.78 is 32.1. The van der Waals surface area contributed by atoms with Gasteiger partial charge in [-0.3, -0.25) is 4.79 Å². The molecule has 2 rings (SSSR count). The summed E-state index contributed by atoms with van der Waals surface area (Å²) in [5, 5.41) is 0. The van der Waals surface area contributed by atoms with E-state index in [1.165, 1.54) is 7.11 Å². The highest BCUT2D eigenvalue weighted by Crippen LogP contribution is 2.43. The molecule has 0 unspecified atom stereocenters. The molecule has 7 heteroatoms. The number of benzene rings is 1. The molecular weight excluding hydrogens is 304 g/mol. The molecule has 0 saturated heterocycles. The molecule has 1 aliphatic heterocycles. The number of carbonyl (C=O) groups excluding carboxylic acids is 1. The molecule has 0 atom stereocenters. The van der Waals surface area contributed by atoms with Crippen LogP contribution < -0.4 is 9.62 Å². The number of nitrogens with zero attached hydrogens (tertiary/aromatic N) is 1. The van der Waals surface area contributed by atoms with Crippen LogP contribution in [-0.2, 0) is 25.0 Å². The van der Waals surface area contributed by atoms with Gasteiger partial charge in [-0.2, -0.15) is 0 Å². The number of amides is 1. The third-order valence-electron chi connectivity index (χ3n) is 4.03. The lowest BCUT2D eigenvalue weighted by atomic mass is 9.85. The van der Waals surface area contributed by atoms with Crippen molar-refractivity contribution in [2.75, 3.05) is 32.2 Å². The van der Waals surface area contributed by atoms with Gasteiger partial charge in [0.15, 0.2) is 0 Å². The van der Waals surface area contributed by atoms with E-state index in [2.05, 4.69) is 4.72 Å². The van der Waals surface area contributed by atoms with Crippen molar-refractivity contribution in [3.63, 3.8) is 0 Å². The first-order valence-electron chi connectivity index (χ1n) is 7.05. The molecule has 1 amide bonds. The number of methoxy groups -OCH3 is 1. The number of ether oxygens (including phenoxy) is 1. The second-order valence-electron chi connectivity index (χ2n) is 6.02. The molecule has 122 valence electrons. The smallest absolute Gasteiger partial charge is 0.240 e. The minimum Gasteiger partial charge on any atom is -0.383 e. The van der Waals surface area contributed by atoms with Crippen LogP contribution in [0.3, 0.4) is 0 Å². The van der Waals surface area contributed by atoms with Crippen LogP contribution in [-0.4, -0.2) is 41.6 Å². The Balaban J connectivity index is 2.50. The number of aryl methyl sites for hydroxylation is 1. The molecule has 0 aliphatic carbocycles. The lowest BCUT2D eigenvalue weighted by Gasteiger charge is -2.17. The van der Waals surface area contributed by atoms with Crippen LogP contribution in [0.1, 0.15) is 25.0 Å². The van der Waals surface area contributed by atoms with Crippen molar-refractivity contribution in [2.45, 2.75) is 31.1 Å². The third-order valence-corrected chi connectivity index (χ3v) is 5.47. The molecule has 1 aromatic rings. The summed E-state index contributed by atoms with van der Waals surface area (Å²) in [7, 11) is -0.394. The molecule has 1 aromatic carbocycles. The highest BCUT2D eigenvalue weighted by atomic mass is 32.2. The van der Waals surface area contributed by atoms with Crippen molar-refractivity contribution in [3.05, 3.63) is 23.3 Å². The van der Waals surface area contributed by atoms with Crippen molar-refractivity contribution in [1.82, 2.24) is 4.72 Å².